The maximum absolute atomic E-state index is 5.90. The lowest BCUT2D eigenvalue weighted by atomic mass is 9.90. The number of hydrogen-bond acceptors (Lipinski definition) is 4. The van der Waals surface area contributed by atoms with Gasteiger partial charge in [-0.05, 0) is 37.4 Å². The Bertz CT molecular complexity index is 577. The monoisotopic (exact) mass is 258 g/mol. The Morgan fingerprint density at radius 1 is 1.42 bits per heavy atom. The molecule has 4 heteroatoms. The number of aromatic nitrogens is 1. The van der Waals surface area contributed by atoms with Crippen molar-refractivity contribution in [2.45, 2.75) is 19.3 Å². The van der Waals surface area contributed by atoms with Crippen molar-refractivity contribution in [3.8, 4) is 17.2 Å². The Morgan fingerprint density at radius 2 is 2.26 bits per heavy atom. The van der Waals surface area contributed by atoms with Crippen LogP contribution in [0.1, 0.15) is 17.9 Å². The standard InChI is InChI=1S/C15H18N2O2/c1-18-13-5-3-2-4-11(13)15-17-12-8-10(9-16)6-7-14(12)19-15/h2-5,10H,6-9,16H2,1H3. The summed E-state index contributed by atoms with van der Waals surface area (Å²) < 4.78 is 11.2. The summed E-state index contributed by atoms with van der Waals surface area (Å²) >= 11 is 0. The molecule has 0 radical (unpaired) electrons. The van der Waals surface area contributed by atoms with Crippen molar-refractivity contribution in [1.29, 1.82) is 0 Å². The lowest BCUT2D eigenvalue weighted by Gasteiger charge is -2.17. The van der Waals surface area contributed by atoms with Crippen molar-refractivity contribution in [2.24, 2.45) is 11.7 Å². The Morgan fingerprint density at radius 3 is 3.05 bits per heavy atom. The van der Waals surface area contributed by atoms with E-state index in [1.54, 1.807) is 7.11 Å². The molecule has 0 bridgehead atoms. The molecule has 0 aliphatic heterocycles. The van der Waals surface area contributed by atoms with Crippen LogP contribution in [0.15, 0.2) is 28.7 Å². The van der Waals surface area contributed by atoms with E-state index in [4.69, 9.17) is 14.9 Å². The average Bonchev–Trinajstić information content (AvgIpc) is 2.89. The van der Waals surface area contributed by atoms with E-state index in [0.29, 0.717) is 11.8 Å². The maximum atomic E-state index is 5.90. The highest BCUT2D eigenvalue weighted by atomic mass is 16.5. The van der Waals surface area contributed by atoms with E-state index in [-0.39, 0.29) is 0 Å². The molecule has 0 saturated carbocycles. The topological polar surface area (TPSA) is 61.3 Å². The Kier molecular flexibility index (Phi) is 3.25. The molecule has 0 amide bonds. The molecule has 1 atom stereocenters. The van der Waals surface area contributed by atoms with Gasteiger partial charge in [-0.25, -0.2) is 4.98 Å². The number of para-hydroxylation sites is 1. The third-order valence-electron chi connectivity index (χ3n) is 3.71. The normalized spacial score (nSPS) is 18.1. The smallest absolute Gasteiger partial charge is 0.230 e. The molecule has 2 N–H and O–H groups in total. The average molecular weight is 258 g/mol. The van der Waals surface area contributed by atoms with Gasteiger partial charge in [0, 0.05) is 6.42 Å². The fourth-order valence-corrected chi connectivity index (χ4v) is 2.59. The second-order valence-electron chi connectivity index (χ2n) is 4.93. The van der Waals surface area contributed by atoms with E-state index in [1.165, 1.54) is 0 Å². The lowest BCUT2D eigenvalue weighted by Crippen LogP contribution is -2.21. The van der Waals surface area contributed by atoms with Crippen LogP contribution in [0.25, 0.3) is 11.5 Å². The van der Waals surface area contributed by atoms with Crippen molar-refractivity contribution in [1.82, 2.24) is 4.98 Å². The van der Waals surface area contributed by atoms with Crippen molar-refractivity contribution < 1.29 is 9.15 Å². The van der Waals surface area contributed by atoms with Crippen molar-refractivity contribution in [3.63, 3.8) is 0 Å². The van der Waals surface area contributed by atoms with E-state index in [0.717, 1.165) is 48.6 Å². The number of hydrogen-bond donors (Lipinski definition) is 1. The van der Waals surface area contributed by atoms with Gasteiger partial charge in [0.05, 0.1) is 18.4 Å². The summed E-state index contributed by atoms with van der Waals surface area (Å²) in [5.41, 5.74) is 7.71. The summed E-state index contributed by atoms with van der Waals surface area (Å²) in [6.45, 7) is 0.719. The first kappa shape index (κ1) is 12.2. The zero-order valence-electron chi connectivity index (χ0n) is 11.1. The van der Waals surface area contributed by atoms with Gasteiger partial charge in [-0.15, -0.1) is 0 Å². The molecule has 1 heterocycles. The molecule has 4 nitrogen and oxygen atoms in total. The molecule has 100 valence electrons. The highest BCUT2D eigenvalue weighted by molar-refractivity contribution is 5.63. The van der Waals surface area contributed by atoms with Crippen molar-refractivity contribution >= 4 is 0 Å². The Balaban J connectivity index is 1.97. The number of rotatable bonds is 3. The van der Waals surface area contributed by atoms with Gasteiger partial charge in [-0.1, -0.05) is 12.1 Å². The minimum Gasteiger partial charge on any atom is -0.496 e. The number of methoxy groups -OCH3 is 1. The summed E-state index contributed by atoms with van der Waals surface area (Å²) in [4.78, 5) is 4.63. The molecule has 0 saturated heterocycles. The minimum absolute atomic E-state index is 0.531. The second kappa shape index (κ2) is 5.05. The highest BCUT2D eigenvalue weighted by Crippen LogP contribution is 2.33. The molecular formula is C15H18N2O2. The van der Waals surface area contributed by atoms with E-state index >= 15 is 0 Å². The molecule has 3 rings (SSSR count). The Labute approximate surface area is 112 Å². The summed E-state index contributed by atoms with van der Waals surface area (Å²) in [6, 6.07) is 7.79. The van der Waals surface area contributed by atoms with Gasteiger partial charge in [-0.3, -0.25) is 0 Å². The van der Waals surface area contributed by atoms with Gasteiger partial charge in [0.2, 0.25) is 5.89 Å². The summed E-state index contributed by atoms with van der Waals surface area (Å²) in [5, 5.41) is 0. The molecule has 1 aromatic carbocycles. The van der Waals surface area contributed by atoms with E-state index in [2.05, 4.69) is 4.98 Å². The van der Waals surface area contributed by atoms with Crippen LogP contribution in [0, 0.1) is 5.92 Å². The lowest BCUT2D eigenvalue weighted by molar-refractivity contribution is 0.406. The fourth-order valence-electron chi connectivity index (χ4n) is 2.59. The largest absolute Gasteiger partial charge is 0.496 e. The minimum atomic E-state index is 0.531. The molecule has 0 spiro atoms. The highest BCUT2D eigenvalue weighted by Gasteiger charge is 2.24. The van der Waals surface area contributed by atoms with Gasteiger partial charge in [-0.2, -0.15) is 0 Å². The van der Waals surface area contributed by atoms with Crippen LogP contribution < -0.4 is 10.5 Å². The summed E-state index contributed by atoms with van der Waals surface area (Å²) in [5.74, 6) is 2.98. The number of nitrogens with zero attached hydrogens (tertiary/aromatic N) is 1. The number of oxazole rings is 1. The maximum Gasteiger partial charge on any atom is 0.230 e. The molecule has 1 aromatic heterocycles. The first-order valence-electron chi connectivity index (χ1n) is 6.64. The van der Waals surface area contributed by atoms with Gasteiger partial charge in [0.25, 0.3) is 0 Å². The van der Waals surface area contributed by atoms with Gasteiger partial charge in [0.15, 0.2) is 0 Å². The summed E-state index contributed by atoms with van der Waals surface area (Å²) in [6.07, 6.45) is 2.94. The van der Waals surface area contributed by atoms with E-state index in [1.807, 2.05) is 24.3 Å². The first-order chi connectivity index (χ1) is 9.31. The predicted octanol–water partition coefficient (Wildman–Crippen LogP) is 2.41. The van der Waals surface area contributed by atoms with E-state index < -0.39 is 0 Å². The van der Waals surface area contributed by atoms with Crippen LogP contribution in [0.3, 0.4) is 0 Å². The summed E-state index contributed by atoms with van der Waals surface area (Å²) in [7, 11) is 1.66. The zero-order chi connectivity index (χ0) is 13.2. The first-order valence-corrected chi connectivity index (χ1v) is 6.64. The third-order valence-corrected chi connectivity index (χ3v) is 3.71. The predicted molar refractivity (Wildman–Crippen MR) is 73.1 cm³/mol. The molecule has 1 aliphatic rings. The van der Waals surface area contributed by atoms with Gasteiger partial charge >= 0.3 is 0 Å². The quantitative estimate of drug-likeness (QED) is 0.918. The Hall–Kier alpha value is -1.81. The molecular weight excluding hydrogens is 240 g/mol. The van der Waals surface area contributed by atoms with E-state index in [9.17, 15) is 0 Å². The van der Waals surface area contributed by atoms with Crippen LogP contribution in [-0.4, -0.2) is 18.6 Å². The number of benzene rings is 1. The van der Waals surface area contributed by atoms with Crippen LogP contribution in [0.4, 0.5) is 0 Å². The van der Waals surface area contributed by atoms with Gasteiger partial charge < -0.3 is 14.9 Å². The number of ether oxygens (including phenoxy) is 1. The zero-order valence-corrected chi connectivity index (χ0v) is 11.1. The second-order valence-corrected chi connectivity index (χ2v) is 4.93. The molecule has 1 unspecified atom stereocenters. The molecule has 19 heavy (non-hydrogen) atoms. The van der Waals surface area contributed by atoms with Crippen molar-refractivity contribution in [3.05, 3.63) is 35.7 Å². The van der Waals surface area contributed by atoms with Crippen LogP contribution in [-0.2, 0) is 12.8 Å². The van der Waals surface area contributed by atoms with Crippen LogP contribution in [0.5, 0.6) is 5.75 Å². The molecule has 1 aliphatic carbocycles. The number of aryl methyl sites for hydroxylation is 1. The SMILES string of the molecule is COc1ccccc1-c1nc2c(o1)CCC(CN)C2. The molecule has 2 aromatic rings. The van der Waals surface area contributed by atoms with Crippen molar-refractivity contribution in [2.75, 3.05) is 13.7 Å². The number of fused-ring (bicyclic) bond motifs is 1. The molecule has 0 fully saturated rings. The fraction of sp³-hybridized carbons (Fsp3) is 0.400. The van der Waals surface area contributed by atoms with Gasteiger partial charge in [0.1, 0.15) is 11.5 Å². The van der Waals surface area contributed by atoms with Crippen LogP contribution >= 0.6 is 0 Å². The third kappa shape index (κ3) is 2.24. The number of nitrogens with two attached hydrogens (primary N) is 1. The van der Waals surface area contributed by atoms with Crippen LogP contribution in [0.2, 0.25) is 0 Å².